The van der Waals surface area contributed by atoms with Gasteiger partial charge in [-0.05, 0) is 18.6 Å². The molecule has 1 atom stereocenters. The number of carbonyl (C=O) groups is 2. The molecule has 1 aliphatic heterocycles. The minimum Gasteiger partial charge on any atom is -0.480 e. The van der Waals surface area contributed by atoms with E-state index in [-0.39, 0.29) is 18.4 Å². The van der Waals surface area contributed by atoms with Crippen LogP contribution >= 0.6 is 0 Å². The molecule has 18 heavy (non-hydrogen) atoms. The number of nitrogens with zero attached hydrogens (tertiary/aromatic N) is 1. The number of rotatable bonds is 4. The quantitative estimate of drug-likeness (QED) is 0.869. The van der Waals surface area contributed by atoms with Gasteiger partial charge in [0.05, 0.1) is 12.5 Å². The molecule has 96 valence electrons. The molecule has 0 saturated carbocycles. The third-order valence-electron chi connectivity index (χ3n) is 2.91. The number of para-hydroxylation sites is 1. The monoisotopic (exact) mass is 249 g/mol. The van der Waals surface area contributed by atoms with Crippen molar-refractivity contribution in [3.63, 3.8) is 0 Å². The number of anilines is 1. The topological polar surface area (TPSA) is 66.8 Å². The summed E-state index contributed by atoms with van der Waals surface area (Å²) in [5.74, 6) is -1.43. The van der Waals surface area contributed by atoms with Gasteiger partial charge >= 0.3 is 5.97 Å². The molecule has 1 N–H and O–H groups in total. The molecular formula is C13H15NO4. The number of amides is 1. The molecule has 0 aliphatic carbocycles. The van der Waals surface area contributed by atoms with Crippen molar-refractivity contribution in [2.45, 2.75) is 6.42 Å². The standard InChI is InChI=1S/C13H15NO4/c15-12(16)8-14(11-4-2-1-3-5-11)13(17)10-6-7-18-9-10/h1-5,10H,6-9H2,(H,15,16). The maximum Gasteiger partial charge on any atom is 0.323 e. The SMILES string of the molecule is O=C(O)CN(C(=O)C1CCOC1)c1ccccc1. The van der Waals surface area contributed by atoms with Crippen molar-refractivity contribution in [3.8, 4) is 0 Å². The molecule has 1 aliphatic rings. The van der Waals surface area contributed by atoms with Gasteiger partial charge in [0, 0.05) is 12.3 Å². The molecular weight excluding hydrogens is 234 g/mol. The van der Waals surface area contributed by atoms with E-state index in [9.17, 15) is 9.59 Å². The highest BCUT2D eigenvalue weighted by molar-refractivity contribution is 5.98. The van der Waals surface area contributed by atoms with Gasteiger partial charge < -0.3 is 14.7 Å². The number of carboxylic acids is 1. The lowest BCUT2D eigenvalue weighted by Gasteiger charge is -2.23. The number of carbonyl (C=O) groups excluding carboxylic acids is 1. The molecule has 0 radical (unpaired) electrons. The molecule has 1 amide bonds. The highest BCUT2D eigenvalue weighted by Gasteiger charge is 2.29. The van der Waals surface area contributed by atoms with Crippen LogP contribution in [0.4, 0.5) is 5.69 Å². The highest BCUT2D eigenvalue weighted by Crippen LogP contribution is 2.20. The minimum atomic E-state index is -1.02. The number of ether oxygens (including phenoxy) is 1. The number of hydrogen-bond donors (Lipinski definition) is 1. The molecule has 0 spiro atoms. The number of aliphatic carboxylic acids is 1. The van der Waals surface area contributed by atoms with Gasteiger partial charge in [0.2, 0.25) is 5.91 Å². The van der Waals surface area contributed by atoms with E-state index in [1.54, 1.807) is 24.3 Å². The van der Waals surface area contributed by atoms with Crippen molar-refractivity contribution in [1.82, 2.24) is 0 Å². The van der Waals surface area contributed by atoms with E-state index in [2.05, 4.69) is 0 Å². The van der Waals surface area contributed by atoms with Crippen molar-refractivity contribution >= 4 is 17.6 Å². The average Bonchev–Trinajstić information content (AvgIpc) is 2.90. The lowest BCUT2D eigenvalue weighted by molar-refractivity contribution is -0.137. The third-order valence-corrected chi connectivity index (χ3v) is 2.91. The molecule has 2 rings (SSSR count). The molecule has 0 aromatic heterocycles. The van der Waals surface area contributed by atoms with Crippen molar-refractivity contribution in [1.29, 1.82) is 0 Å². The van der Waals surface area contributed by atoms with E-state index in [1.165, 1.54) is 4.90 Å². The van der Waals surface area contributed by atoms with Gasteiger partial charge in [-0.25, -0.2) is 0 Å². The Balaban J connectivity index is 2.19. The van der Waals surface area contributed by atoms with Crippen LogP contribution in [0.15, 0.2) is 30.3 Å². The second-order valence-corrected chi connectivity index (χ2v) is 4.21. The first-order valence-corrected chi connectivity index (χ1v) is 5.84. The van der Waals surface area contributed by atoms with Crippen LogP contribution in [0.1, 0.15) is 6.42 Å². The molecule has 1 fully saturated rings. The van der Waals surface area contributed by atoms with Crippen molar-refractivity contribution in [3.05, 3.63) is 30.3 Å². The van der Waals surface area contributed by atoms with Gasteiger partial charge in [-0.3, -0.25) is 9.59 Å². The Hall–Kier alpha value is -1.88. The van der Waals surface area contributed by atoms with E-state index in [0.717, 1.165) is 0 Å². The zero-order valence-electron chi connectivity index (χ0n) is 9.91. The zero-order chi connectivity index (χ0) is 13.0. The van der Waals surface area contributed by atoms with Crippen LogP contribution in [-0.2, 0) is 14.3 Å². The van der Waals surface area contributed by atoms with E-state index in [1.807, 2.05) is 6.07 Å². The largest absolute Gasteiger partial charge is 0.480 e. The van der Waals surface area contributed by atoms with Gasteiger partial charge in [-0.2, -0.15) is 0 Å². The Morgan fingerprint density at radius 3 is 2.61 bits per heavy atom. The zero-order valence-corrected chi connectivity index (χ0v) is 9.91. The fourth-order valence-electron chi connectivity index (χ4n) is 1.99. The summed E-state index contributed by atoms with van der Waals surface area (Å²) in [7, 11) is 0. The van der Waals surface area contributed by atoms with Gasteiger partial charge in [-0.15, -0.1) is 0 Å². The lowest BCUT2D eigenvalue weighted by Crippen LogP contribution is -2.40. The molecule has 5 nitrogen and oxygen atoms in total. The molecule has 5 heteroatoms. The third kappa shape index (κ3) is 2.87. The first kappa shape index (κ1) is 12.6. The van der Waals surface area contributed by atoms with E-state index in [0.29, 0.717) is 25.3 Å². The summed E-state index contributed by atoms with van der Waals surface area (Å²) < 4.78 is 5.17. The van der Waals surface area contributed by atoms with E-state index < -0.39 is 5.97 Å². The van der Waals surface area contributed by atoms with Gasteiger partial charge in [-0.1, -0.05) is 18.2 Å². The van der Waals surface area contributed by atoms with Crippen LogP contribution in [0.3, 0.4) is 0 Å². The van der Waals surface area contributed by atoms with Crippen LogP contribution in [0.2, 0.25) is 0 Å². The second-order valence-electron chi connectivity index (χ2n) is 4.21. The van der Waals surface area contributed by atoms with Gasteiger partial charge in [0.1, 0.15) is 6.54 Å². The summed E-state index contributed by atoms with van der Waals surface area (Å²) >= 11 is 0. The maximum absolute atomic E-state index is 12.3. The smallest absolute Gasteiger partial charge is 0.323 e. The molecule has 1 saturated heterocycles. The summed E-state index contributed by atoms with van der Waals surface area (Å²) in [4.78, 5) is 24.4. The van der Waals surface area contributed by atoms with Crippen molar-refractivity contribution in [2.24, 2.45) is 5.92 Å². The first-order valence-electron chi connectivity index (χ1n) is 5.84. The fraction of sp³-hybridized carbons (Fsp3) is 0.385. The number of benzene rings is 1. The molecule has 1 unspecified atom stereocenters. The van der Waals surface area contributed by atoms with Gasteiger partial charge in [0.25, 0.3) is 0 Å². The van der Waals surface area contributed by atoms with Gasteiger partial charge in [0.15, 0.2) is 0 Å². The number of carboxylic acid groups (broad SMARTS) is 1. The Kier molecular flexibility index (Phi) is 3.94. The normalized spacial score (nSPS) is 18.6. The second kappa shape index (κ2) is 5.64. The summed E-state index contributed by atoms with van der Waals surface area (Å²) in [6, 6.07) is 8.85. The minimum absolute atomic E-state index is 0.180. The summed E-state index contributed by atoms with van der Waals surface area (Å²) in [5.41, 5.74) is 0.608. The summed E-state index contributed by atoms with van der Waals surface area (Å²) in [6.07, 6.45) is 0.655. The lowest BCUT2D eigenvalue weighted by atomic mass is 10.1. The van der Waals surface area contributed by atoms with E-state index in [4.69, 9.17) is 9.84 Å². The fourth-order valence-corrected chi connectivity index (χ4v) is 1.99. The van der Waals surface area contributed by atoms with Crippen molar-refractivity contribution in [2.75, 3.05) is 24.7 Å². The van der Waals surface area contributed by atoms with Crippen LogP contribution in [0.5, 0.6) is 0 Å². The highest BCUT2D eigenvalue weighted by atomic mass is 16.5. The Morgan fingerprint density at radius 2 is 2.06 bits per heavy atom. The predicted molar refractivity (Wildman–Crippen MR) is 65.4 cm³/mol. The predicted octanol–water partition coefficient (Wildman–Crippen LogP) is 1.14. The Labute approximate surface area is 105 Å². The summed E-state index contributed by atoms with van der Waals surface area (Å²) in [5, 5.41) is 8.91. The molecule has 0 bridgehead atoms. The maximum atomic E-state index is 12.3. The van der Waals surface area contributed by atoms with Crippen LogP contribution < -0.4 is 4.90 Å². The summed E-state index contributed by atoms with van der Waals surface area (Å²) in [6.45, 7) is 0.618. The van der Waals surface area contributed by atoms with Crippen molar-refractivity contribution < 1.29 is 19.4 Å². The Bertz CT molecular complexity index is 426. The van der Waals surface area contributed by atoms with Crippen LogP contribution in [-0.4, -0.2) is 36.7 Å². The van der Waals surface area contributed by atoms with Crippen LogP contribution in [0.25, 0.3) is 0 Å². The molecule has 1 aromatic rings. The average molecular weight is 249 g/mol. The van der Waals surface area contributed by atoms with E-state index >= 15 is 0 Å². The first-order chi connectivity index (χ1) is 8.68. The Morgan fingerprint density at radius 1 is 1.33 bits per heavy atom. The molecule has 1 aromatic carbocycles. The van der Waals surface area contributed by atoms with Crippen LogP contribution in [0, 0.1) is 5.92 Å². The number of hydrogen-bond acceptors (Lipinski definition) is 3. The molecule has 1 heterocycles.